The largest absolute Gasteiger partial charge is 0.314 e. The molecule has 1 saturated heterocycles. The maximum Gasteiger partial charge on any atom is 0.0238 e. The predicted molar refractivity (Wildman–Crippen MR) is 44.6 cm³/mol. The van der Waals surface area contributed by atoms with E-state index in [1.165, 1.54) is 0 Å². The molecule has 1 aliphatic heterocycles. The lowest BCUT2D eigenvalue weighted by Gasteiger charge is -2.32. The fraction of sp³-hybridized carbons (Fsp3) is 1.00. The van der Waals surface area contributed by atoms with Crippen LogP contribution in [0.3, 0.4) is 0 Å². The molecule has 0 amide bonds. The van der Waals surface area contributed by atoms with Crippen LogP contribution in [0.4, 0.5) is 0 Å². The summed E-state index contributed by atoms with van der Waals surface area (Å²) in [5.74, 6) is 0.774. The molecule has 1 fully saturated rings. The number of halogens is 1. The molecule has 1 heterocycles. The highest BCUT2D eigenvalue weighted by Crippen LogP contribution is 2.04. The molecule has 1 aliphatic rings. The number of nitrogens with one attached hydrogen (secondary N) is 1. The van der Waals surface area contributed by atoms with Crippen LogP contribution in [-0.4, -0.2) is 43.5 Å². The molecule has 0 aromatic rings. The van der Waals surface area contributed by atoms with Crippen LogP contribution in [-0.2, 0) is 0 Å². The Kier molecular flexibility index (Phi) is 3.46. The van der Waals surface area contributed by atoms with Crippen LogP contribution in [0.5, 0.6) is 0 Å². The topological polar surface area (TPSA) is 15.3 Å². The third-order valence-corrected chi connectivity index (χ3v) is 2.31. The summed E-state index contributed by atoms with van der Waals surface area (Å²) in [6, 6.07) is 0.659. The zero-order valence-electron chi connectivity index (χ0n) is 6.44. The van der Waals surface area contributed by atoms with Gasteiger partial charge in [0.05, 0.1) is 0 Å². The van der Waals surface area contributed by atoms with Gasteiger partial charge in [0, 0.05) is 31.6 Å². The summed E-state index contributed by atoms with van der Waals surface area (Å²) >= 11 is 5.65. The first kappa shape index (κ1) is 8.31. The fourth-order valence-corrected chi connectivity index (χ4v) is 1.56. The quantitative estimate of drug-likeness (QED) is 0.596. The lowest BCUT2D eigenvalue weighted by molar-refractivity contribution is 0.196. The first-order valence-electron chi connectivity index (χ1n) is 3.81. The van der Waals surface area contributed by atoms with Crippen molar-refractivity contribution in [2.45, 2.75) is 12.5 Å². The van der Waals surface area contributed by atoms with Crippen molar-refractivity contribution in [2.24, 2.45) is 0 Å². The number of hydrogen-bond donors (Lipinski definition) is 1. The molecule has 2 nitrogen and oxygen atoms in total. The van der Waals surface area contributed by atoms with Gasteiger partial charge in [-0.05, 0) is 13.5 Å². The lowest BCUT2D eigenvalue weighted by atomic mass is 10.1. The predicted octanol–water partition coefficient (Wildman–Crippen LogP) is 0.519. The molecule has 10 heavy (non-hydrogen) atoms. The molecule has 0 aliphatic carbocycles. The minimum absolute atomic E-state index is 0.659. The molecule has 0 bridgehead atoms. The molecule has 0 aromatic carbocycles. The van der Waals surface area contributed by atoms with Crippen molar-refractivity contribution < 1.29 is 0 Å². The summed E-state index contributed by atoms with van der Waals surface area (Å²) in [7, 11) is 2.16. The molecule has 60 valence electrons. The van der Waals surface area contributed by atoms with Crippen LogP contribution in [0, 0.1) is 0 Å². The van der Waals surface area contributed by atoms with Crippen molar-refractivity contribution in [1.29, 1.82) is 0 Å². The molecular weight excluding hydrogens is 148 g/mol. The summed E-state index contributed by atoms with van der Waals surface area (Å²) in [6.07, 6.45) is 1.10. The first-order valence-corrected chi connectivity index (χ1v) is 4.35. The van der Waals surface area contributed by atoms with E-state index in [-0.39, 0.29) is 0 Å². The van der Waals surface area contributed by atoms with E-state index in [1.54, 1.807) is 0 Å². The number of hydrogen-bond acceptors (Lipinski definition) is 2. The van der Waals surface area contributed by atoms with Crippen LogP contribution < -0.4 is 5.32 Å². The van der Waals surface area contributed by atoms with Crippen molar-refractivity contribution in [3.05, 3.63) is 0 Å². The van der Waals surface area contributed by atoms with Gasteiger partial charge in [-0.2, -0.15) is 0 Å². The van der Waals surface area contributed by atoms with Crippen molar-refractivity contribution in [1.82, 2.24) is 10.2 Å². The van der Waals surface area contributed by atoms with Gasteiger partial charge in [0.25, 0.3) is 0 Å². The lowest BCUT2D eigenvalue weighted by Crippen LogP contribution is -2.49. The zero-order chi connectivity index (χ0) is 7.40. The molecule has 3 heteroatoms. The van der Waals surface area contributed by atoms with E-state index in [1.807, 2.05) is 0 Å². The normalized spacial score (nSPS) is 28.8. The molecule has 0 radical (unpaired) electrons. The summed E-state index contributed by atoms with van der Waals surface area (Å²) in [4.78, 5) is 2.37. The van der Waals surface area contributed by atoms with E-state index < -0.39 is 0 Å². The Bertz CT molecular complexity index is 95.6. The van der Waals surface area contributed by atoms with Gasteiger partial charge in [0.15, 0.2) is 0 Å². The van der Waals surface area contributed by atoms with Gasteiger partial charge in [-0.25, -0.2) is 0 Å². The molecule has 1 unspecified atom stereocenters. The van der Waals surface area contributed by atoms with Gasteiger partial charge in [0.1, 0.15) is 0 Å². The molecule has 0 spiro atoms. The van der Waals surface area contributed by atoms with Crippen molar-refractivity contribution in [3.8, 4) is 0 Å². The highest BCUT2D eigenvalue weighted by Gasteiger charge is 2.16. The van der Waals surface area contributed by atoms with E-state index in [9.17, 15) is 0 Å². The van der Waals surface area contributed by atoms with Gasteiger partial charge in [-0.3, -0.25) is 0 Å². The molecule has 1 N–H and O–H groups in total. The smallest absolute Gasteiger partial charge is 0.0238 e. The Morgan fingerprint density at radius 2 is 2.50 bits per heavy atom. The second-order valence-corrected chi connectivity index (χ2v) is 3.19. The van der Waals surface area contributed by atoms with Gasteiger partial charge < -0.3 is 10.2 Å². The highest BCUT2D eigenvalue weighted by atomic mass is 35.5. The van der Waals surface area contributed by atoms with Crippen LogP contribution in [0.1, 0.15) is 6.42 Å². The monoisotopic (exact) mass is 162 g/mol. The highest BCUT2D eigenvalue weighted by molar-refractivity contribution is 6.17. The summed E-state index contributed by atoms with van der Waals surface area (Å²) < 4.78 is 0. The third kappa shape index (κ3) is 2.11. The molecule has 1 rings (SSSR count). The van der Waals surface area contributed by atoms with Crippen LogP contribution in [0.25, 0.3) is 0 Å². The molecule has 0 aromatic heterocycles. The number of likely N-dealkylation sites (N-methyl/N-ethyl adjacent to an activating group) is 1. The maximum atomic E-state index is 5.65. The van der Waals surface area contributed by atoms with Gasteiger partial charge >= 0.3 is 0 Å². The van der Waals surface area contributed by atoms with Gasteiger partial charge in [-0.15, -0.1) is 11.6 Å². The van der Waals surface area contributed by atoms with E-state index >= 15 is 0 Å². The van der Waals surface area contributed by atoms with Crippen LogP contribution >= 0.6 is 11.6 Å². The average molecular weight is 163 g/mol. The fourth-order valence-electron chi connectivity index (χ4n) is 1.31. The first-order chi connectivity index (χ1) is 4.84. The Morgan fingerprint density at radius 1 is 1.70 bits per heavy atom. The minimum Gasteiger partial charge on any atom is -0.314 e. The summed E-state index contributed by atoms with van der Waals surface area (Å²) in [5, 5.41) is 3.35. The Labute approximate surface area is 67.5 Å². The van der Waals surface area contributed by atoms with Crippen LogP contribution in [0.15, 0.2) is 0 Å². The Balaban J connectivity index is 2.25. The third-order valence-electron chi connectivity index (χ3n) is 2.09. The number of rotatable bonds is 2. The van der Waals surface area contributed by atoms with Crippen LogP contribution in [0.2, 0.25) is 0 Å². The number of piperazine rings is 1. The SMILES string of the molecule is CN1CCNCC1CCCl. The van der Waals surface area contributed by atoms with E-state index in [4.69, 9.17) is 11.6 Å². The van der Waals surface area contributed by atoms with Gasteiger partial charge in [-0.1, -0.05) is 0 Å². The van der Waals surface area contributed by atoms with E-state index in [0.29, 0.717) is 6.04 Å². The van der Waals surface area contributed by atoms with Crippen molar-refractivity contribution in [3.63, 3.8) is 0 Å². The molecule has 0 saturated carbocycles. The van der Waals surface area contributed by atoms with Crippen molar-refractivity contribution in [2.75, 3.05) is 32.6 Å². The van der Waals surface area contributed by atoms with E-state index in [0.717, 1.165) is 31.9 Å². The minimum atomic E-state index is 0.659. The molecular formula is C7H15ClN2. The number of alkyl halides is 1. The Morgan fingerprint density at radius 3 is 3.10 bits per heavy atom. The summed E-state index contributed by atoms with van der Waals surface area (Å²) in [6.45, 7) is 3.38. The summed E-state index contributed by atoms with van der Waals surface area (Å²) in [5.41, 5.74) is 0. The number of nitrogens with zero attached hydrogens (tertiary/aromatic N) is 1. The second-order valence-electron chi connectivity index (χ2n) is 2.82. The van der Waals surface area contributed by atoms with Gasteiger partial charge in [0.2, 0.25) is 0 Å². The Hall–Kier alpha value is 0.210. The standard InChI is InChI=1S/C7H15ClN2/c1-10-5-4-9-6-7(10)2-3-8/h7,9H,2-6H2,1H3. The maximum absolute atomic E-state index is 5.65. The average Bonchev–Trinajstić information content (AvgIpc) is 1.94. The second kappa shape index (κ2) is 4.16. The molecule has 1 atom stereocenters. The van der Waals surface area contributed by atoms with Crippen molar-refractivity contribution >= 4 is 11.6 Å². The van der Waals surface area contributed by atoms with E-state index in [2.05, 4.69) is 17.3 Å². The zero-order valence-corrected chi connectivity index (χ0v) is 7.19.